The Morgan fingerprint density at radius 2 is 1.62 bits per heavy atom. The second-order valence-electron chi connectivity index (χ2n) is 7.91. The summed E-state index contributed by atoms with van der Waals surface area (Å²) >= 11 is 0. The maximum absolute atomic E-state index is 12.3. The number of phenolic OH excluding ortho intramolecular Hbond substituents is 1. The molecule has 0 saturated heterocycles. The van der Waals surface area contributed by atoms with Gasteiger partial charge in [-0.1, -0.05) is 12.1 Å². The maximum atomic E-state index is 12.3. The van der Waals surface area contributed by atoms with Gasteiger partial charge in [0.1, 0.15) is 17.1 Å². The Morgan fingerprint density at radius 1 is 0.882 bits per heavy atom. The highest BCUT2D eigenvalue weighted by atomic mass is 16.4. The molecule has 2 aliphatic heterocycles. The largest absolute Gasteiger partial charge is 0.508 e. The van der Waals surface area contributed by atoms with Crippen LogP contribution in [0.3, 0.4) is 0 Å². The van der Waals surface area contributed by atoms with Crippen molar-refractivity contribution in [1.82, 2.24) is 4.90 Å². The molecule has 0 fully saturated rings. The average molecular weight is 455 g/mol. The monoisotopic (exact) mass is 455 g/mol. The topological polar surface area (TPSA) is 125 Å². The molecule has 0 saturated carbocycles. The number of aromatic hydroxyl groups is 1. The second kappa shape index (κ2) is 8.00. The summed E-state index contributed by atoms with van der Waals surface area (Å²) in [5.41, 5.74) is 2.19. The number of aromatic carboxylic acids is 1. The number of carbonyl (C=O) groups excluding carboxylic acids is 2. The van der Waals surface area contributed by atoms with Gasteiger partial charge in [0.2, 0.25) is 0 Å². The third-order valence-electron chi connectivity index (χ3n) is 5.79. The Hall–Kier alpha value is -4.72. The van der Waals surface area contributed by atoms with Gasteiger partial charge in [-0.15, -0.1) is 0 Å². The Balaban J connectivity index is 1.65. The number of carboxylic acid groups (broad SMARTS) is 1. The van der Waals surface area contributed by atoms with Gasteiger partial charge in [0, 0.05) is 47.3 Å². The van der Waals surface area contributed by atoms with Crippen LogP contribution in [0.5, 0.6) is 5.75 Å². The van der Waals surface area contributed by atoms with Gasteiger partial charge in [0.25, 0.3) is 11.8 Å². The first-order valence-corrected chi connectivity index (χ1v) is 10.4. The van der Waals surface area contributed by atoms with Crippen LogP contribution >= 0.6 is 0 Å². The number of rotatable bonds is 5. The predicted octanol–water partition coefficient (Wildman–Crippen LogP) is 3.44. The lowest BCUT2D eigenvalue weighted by molar-refractivity contribution is -0.136. The van der Waals surface area contributed by atoms with E-state index in [-0.39, 0.29) is 29.0 Å². The van der Waals surface area contributed by atoms with Gasteiger partial charge in [0.15, 0.2) is 5.43 Å². The van der Waals surface area contributed by atoms with Gasteiger partial charge < -0.3 is 14.6 Å². The molecule has 2 heterocycles. The van der Waals surface area contributed by atoms with Crippen molar-refractivity contribution in [3.63, 3.8) is 0 Å². The summed E-state index contributed by atoms with van der Waals surface area (Å²) in [4.78, 5) is 48.9. The summed E-state index contributed by atoms with van der Waals surface area (Å²) in [6.07, 6.45) is 2.70. The summed E-state index contributed by atoms with van der Waals surface area (Å²) in [5.74, 6) is -1.72. The molecule has 5 rings (SSSR count). The molecule has 8 heteroatoms. The standard InChI is InChI=1S/C26H17NO7/c28-15-2-5-18-21(12-15)34-22-13-16(29)3-6-19(22)25(18)17-4-1-14(11-20(17)26(32)33)9-10-27-23(30)7-8-24(27)31/h1-8,11-13,28H,9-10H2,(H,32,33). The fourth-order valence-electron chi connectivity index (χ4n) is 4.18. The molecule has 0 unspecified atom stereocenters. The Kier molecular flexibility index (Phi) is 4.98. The molecule has 1 aliphatic carbocycles. The Bertz CT molecular complexity index is 1550. The lowest BCUT2D eigenvalue weighted by Crippen LogP contribution is -2.31. The van der Waals surface area contributed by atoms with Gasteiger partial charge >= 0.3 is 5.97 Å². The van der Waals surface area contributed by atoms with Crippen LogP contribution in [-0.2, 0) is 16.0 Å². The summed E-state index contributed by atoms with van der Waals surface area (Å²) in [5, 5.41) is 20.5. The fourth-order valence-corrected chi connectivity index (χ4v) is 4.18. The first kappa shape index (κ1) is 21.1. The highest BCUT2D eigenvalue weighted by molar-refractivity contribution is 6.13. The first-order chi connectivity index (χ1) is 16.3. The van der Waals surface area contributed by atoms with E-state index in [1.165, 1.54) is 42.5 Å². The molecule has 0 spiro atoms. The Morgan fingerprint density at radius 3 is 2.35 bits per heavy atom. The van der Waals surface area contributed by atoms with E-state index in [0.717, 1.165) is 4.90 Å². The summed E-state index contributed by atoms with van der Waals surface area (Å²) in [6.45, 7) is 0.130. The van der Waals surface area contributed by atoms with Crippen LogP contribution in [0.1, 0.15) is 15.9 Å². The number of carbonyl (C=O) groups is 3. The number of hydrogen-bond donors (Lipinski definition) is 2. The molecular weight excluding hydrogens is 438 g/mol. The molecule has 8 nitrogen and oxygen atoms in total. The predicted molar refractivity (Wildman–Crippen MR) is 123 cm³/mol. The van der Waals surface area contributed by atoms with E-state index in [1.807, 2.05) is 0 Å². The fraction of sp³-hybridized carbons (Fsp3) is 0.0769. The van der Waals surface area contributed by atoms with Gasteiger partial charge in [-0.2, -0.15) is 0 Å². The molecular formula is C26H17NO7. The van der Waals surface area contributed by atoms with E-state index in [0.29, 0.717) is 39.6 Å². The molecule has 2 amide bonds. The molecule has 0 bridgehead atoms. The van der Waals surface area contributed by atoms with Gasteiger partial charge in [0.05, 0.1) is 5.56 Å². The third-order valence-corrected chi connectivity index (χ3v) is 5.79. The number of phenols is 1. The van der Waals surface area contributed by atoms with E-state index in [4.69, 9.17) is 4.42 Å². The van der Waals surface area contributed by atoms with Crippen LogP contribution in [-0.4, -0.2) is 39.4 Å². The SMILES string of the molecule is O=C(O)c1cc(CCN2C(=O)C=CC2=O)ccc1-c1c2ccc(=O)cc-2oc2cc(O)ccc12. The van der Waals surface area contributed by atoms with Crippen LogP contribution in [0.2, 0.25) is 0 Å². The minimum Gasteiger partial charge on any atom is -0.508 e. The number of carboxylic acids is 1. The zero-order chi connectivity index (χ0) is 24.0. The number of nitrogens with zero attached hydrogens (tertiary/aromatic N) is 1. The van der Waals surface area contributed by atoms with Crippen molar-refractivity contribution in [2.45, 2.75) is 6.42 Å². The minimum absolute atomic E-state index is 0.0165. The molecule has 2 aromatic rings. The molecule has 34 heavy (non-hydrogen) atoms. The number of benzene rings is 3. The lowest BCUT2D eigenvalue weighted by Gasteiger charge is -2.18. The Labute approximate surface area is 192 Å². The summed E-state index contributed by atoms with van der Waals surface area (Å²) in [7, 11) is 0. The molecule has 3 aliphatic rings. The smallest absolute Gasteiger partial charge is 0.336 e. The zero-order valence-corrected chi connectivity index (χ0v) is 17.6. The van der Waals surface area contributed by atoms with Crippen LogP contribution in [0, 0.1) is 0 Å². The van der Waals surface area contributed by atoms with Crippen molar-refractivity contribution in [2.75, 3.05) is 6.54 Å². The van der Waals surface area contributed by atoms with Crippen molar-refractivity contribution in [1.29, 1.82) is 0 Å². The third kappa shape index (κ3) is 3.61. The molecule has 168 valence electrons. The van der Waals surface area contributed by atoms with Crippen molar-refractivity contribution in [3.8, 4) is 28.2 Å². The normalized spacial score (nSPS) is 13.4. The highest BCUT2D eigenvalue weighted by Gasteiger charge is 2.24. The first-order valence-electron chi connectivity index (χ1n) is 10.4. The molecule has 2 aromatic carbocycles. The second-order valence-corrected chi connectivity index (χ2v) is 7.91. The van der Waals surface area contributed by atoms with Crippen LogP contribution in [0.25, 0.3) is 33.4 Å². The maximum Gasteiger partial charge on any atom is 0.336 e. The van der Waals surface area contributed by atoms with Crippen molar-refractivity contribution < 1.29 is 29.0 Å². The summed E-state index contributed by atoms with van der Waals surface area (Å²) in [6, 6.07) is 13.7. The van der Waals surface area contributed by atoms with Gasteiger partial charge in [-0.25, -0.2) is 4.79 Å². The van der Waals surface area contributed by atoms with Crippen LogP contribution < -0.4 is 5.43 Å². The molecule has 0 radical (unpaired) electrons. The summed E-state index contributed by atoms with van der Waals surface area (Å²) < 4.78 is 5.83. The van der Waals surface area contributed by atoms with Crippen LogP contribution in [0.15, 0.2) is 76.0 Å². The van der Waals surface area contributed by atoms with E-state index in [2.05, 4.69) is 0 Å². The van der Waals surface area contributed by atoms with Gasteiger partial charge in [-0.05, 0) is 47.9 Å². The van der Waals surface area contributed by atoms with E-state index >= 15 is 0 Å². The van der Waals surface area contributed by atoms with E-state index < -0.39 is 17.8 Å². The van der Waals surface area contributed by atoms with E-state index in [9.17, 15) is 29.4 Å². The molecule has 2 N–H and O–H groups in total. The number of amides is 2. The minimum atomic E-state index is -1.16. The molecule has 0 atom stereocenters. The number of fused-ring (bicyclic) bond motifs is 2. The number of hydrogen-bond acceptors (Lipinski definition) is 6. The average Bonchev–Trinajstić information content (AvgIpc) is 3.12. The van der Waals surface area contributed by atoms with Crippen molar-refractivity contribution in [2.24, 2.45) is 0 Å². The van der Waals surface area contributed by atoms with E-state index in [1.54, 1.807) is 24.3 Å². The molecule has 0 aromatic heterocycles. The van der Waals surface area contributed by atoms with Crippen molar-refractivity contribution >= 4 is 28.8 Å². The highest BCUT2D eigenvalue weighted by Crippen LogP contribution is 2.42. The zero-order valence-electron chi connectivity index (χ0n) is 17.6. The quantitative estimate of drug-likeness (QED) is 0.349. The number of imide groups is 1. The van der Waals surface area contributed by atoms with Crippen LogP contribution in [0.4, 0.5) is 0 Å². The lowest BCUT2D eigenvalue weighted by atomic mass is 9.89. The van der Waals surface area contributed by atoms with Crippen molar-refractivity contribution in [3.05, 3.63) is 88.1 Å². The van der Waals surface area contributed by atoms with Gasteiger partial charge in [-0.3, -0.25) is 19.3 Å².